The van der Waals surface area contributed by atoms with Crippen molar-refractivity contribution in [3.05, 3.63) is 23.8 Å². The summed E-state index contributed by atoms with van der Waals surface area (Å²) in [6, 6.07) is 6.18. The van der Waals surface area contributed by atoms with E-state index in [0.717, 1.165) is 27.7 Å². The van der Waals surface area contributed by atoms with Crippen LogP contribution in [0.4, 0.5) is 5.13 Å². The Hall–Kier alpha value is -1.42. The van der Waals surface area contributed by atoms with Crippen LogP contribution in [0, 0.1) is 12.8 Å². The summed E-state index contributed by atoms with van der Waals surface area (Å²) >= 11 is 1.56. The monoisotopic (exact) mass is 302 g/mol. The van der Waals surface area contributed by atoms with Gasteiger partial charge in [-0.2, -0.15) is 0 Å². The quantitative estimate of drug-likeness (QED) is 0.872. The van der Waals surface area contributed by atoms with Crippen LogP contribution in [0.25, 0.3) is 10.2 Å². The number of nitrogens with one attached hydrogen (secondary N) is 1. The van der Waals surface area contributed by atoms with E-state index in [1.54, 1.807) is 11.3 Å². The molecule has 3 rings (SSSR count). The minimum absolute atomic E-state index is 0.108. The molecule has 3 nitrogen and oxygen atoms in total. The van der Waals surface area contributed by atoms with Gasteiger partial charge in [-0.3, -0.25) is 4.79 Å². The second-order valence-electron chi connectivity index (χ2n) is 6.08. The van der Waals surface area contributed by atoms with Crippen LogP contribution in [-0.4, -0.2) is 10.9 Å². The fourth-order valence-corrected chi connectivity index (χ4v) is 4.06. The zero-order valence-electron chi connectivity index (χ0n) is 12.5. The number of carbonyl (C=O) groups is 1. The maximum atomic E-state index is 12.1. The number of anilines is 1. The van der Waals surface area contributed by atoms with Crippen molar-refractivity contribution in [3.8, 4) is 0 Å². The predicted octanol–water partition coefficient (Wildman–Crippen LogP) is 4.90. The third-order valence-corrected chi connectivity index (χ3v) is 5.23. The molecule has 0 radical (unpaired) electrons. The summed E-state index contributed by atoms with van der Waals surface area (Å²) < 4.78 is 1.14. The van der Waals surface area contributed by atoms with Crippen LogP contribution >= 0.6 is 11.3 Å². The summed E-state index contributed by atoms with van der Waals surface area (Å²) in [7, 11) is 0. The lowest BCUT2D eigenvalue weighted by Gasteiger charge is -2.20. The Bertz CT molecular complexity index is 629. The van der Waals surface area contributed by atoms with Crippen molar-refractivity contribution >= 4 is 32.6 Å². The third kappa shape index (κ3) is 3.82. The molecule has 1 fully saturated rings. The van der Waals surface area contributed by atoms with Crippen LogP contribution in [0.15, 0.2) is 18.2 Å². The van der Waals surface area contributed by atoms with Crippen LogP contribution in [-0.2, 0) is 4.79 Å². The van der Waals surface area contributed by atoms with Crippen LogP contribution in [0.5, 0.6) is 0 Å². The van der Waals surface area contributed by atoms with Crippen molar-refractivity contribution < 1.29 is 4.79 Å². The van der Waals surface area contributed by atoms with Gasteiger partial charge in [0.1, 0.15) is 0 Å². The summed E-state index contributed by atoms with van der Waals surface area (Å²) in [5.74, 6) is 0.860. The van der Waals surface area contributed by atoms with Gasteiger partial charge in [-0.1, -0.05) is 49.5 Å². The first-order valence-electron chi connectivity index (χ1n) is 7.88. The number of nitrogens with zero attached hydrogens (tertiary/aromatic N) is 1. The molecule has 21 heavy (non-hydrogen) atoms. The largest absolute Gasteiger partial charge is 0.302 e. The standard InChI is InChI=1S/C17H22N2OS/c1-12-7-9-14-15(11-12)21-17(18-14)19-16(20)10-8-13-5-3-2-4-6-13/h7,9,11,13H,2-6,8,10H2,1H3,(H,18,19,20). The molecule has 1 amide bonds. The summed E-state index contributed by atoms with van der Waals surface area (Å²) in [6.45, 7) is 2.07. The number of carbonyl (C=O) groups excluding carboxylic acids is 1. The first-order chi connectivity index (χ1) is 10.2. The Kier molecular flexibility index (Phi) is 4.54. The van der Waals surface area contributed by atoms with Gasteiger partial charge in [0.2, 0.25) is 5.91 Å². The van der Waals surface area contributed by atoms with Crippen molar-refractivity contribution in [1.82, 2.24) is 4.98 Å². The minimum atomic E-state index is 0.108. The summed E-state index contributed by atoms with van der Waals surface area (Å²) in [5.41, 5.74) is 2.19. The molecule has 112 valence electrons. The van der Waals surface area contributed by atoms with Crippen LogP contribution < -0.4 is 5.32 Å². The van der Waals surface area contributed by atoms with Crippen LogP contribution in [0.1, 0.15) is 50.5 Å². The molecule has 1 heterocycles. The van der Waals surface area contributed by atoms with Gasteiger partial charge in [0.15, 0.2) is 5.13 Å². The molecule has 0 atom stereocenters. The highest BCUT2D eigenvalue weighted by molar-refractivity contribution is 7.22. The molecule has 1 aromatic heterocycles. The molecule has 0 unspecified atom stereocenters. The fraction of sp³-hybridized carbons (Fsp3) is 0.529. The predicted molar refractivity (Wildman–Crippen MR) is 88.8 cm³/mol. The van der Waals surface area contributed by atoms with E-state index in [0.29, 0.717) is 6.42 Å². The number of fused-ring (bicyclic) bond motifs is 1. The number of amides is 1. The van der Waals surface area contributed by atoms with Crippen molar-refractivity contribution in [2.45, 2.75) is 51.9 Å². The van der Waals surface area contributed by atoms with Gasteiger partial charge in [-0.05, 0) is 37.0 Å². The number of hydrogen-bond acceptors (Lipinski definition) is 3. The van der Waals surface area contributed by atoms with Crippen molar-refractivity contribution in [1.29, 1.82) is 0 Å². The molecular weight excluding hydrogens is 280 g/mol. The maximum absolute atomic E-state index is 12.1. The first kappa shape index (κ1) is 14.5. The van der Waals surface area contributed by atoms with E-state index in [1.807, 2.05) is 6.07 Å². The number of aromatic nitrogens is 1. The van der Waals surface area contributed by atoms with E-state index < -0.39 is 0 Å². The smallest absolute Gasteiger partial charge is 0.226 e. The Labute approximate surface area is 129 Å². The van der Waals surface area contributed by atoms with Crippen molar-refractivity contribution in [2.75, 3.05) is 5.32 Å². The van der Waals surface area contributed by atoms with Gasteiger partial charge in [0, 0.05) is 6.42 Å². The highest BCUT2D eigenvalue weighted by Crippen LogP contribution is 2.29. The minimum Gasteiger partial charge on any atom is -0.302 e. The summed E-state index contributed by atoms with van der Waals surface area (Å²) in [5, 5.41) is 3.69. The van der Waals surface area contributed by atoms with Gasteiger partial charge >= 0.3 is 0 Å². The van der Waals surface area contributed by atoms with Gasteiger partial charge in [-0.15, -0.1) is 0 Å². The topological polar surface area (TPSA) is 42.0 Å². The van der Waals surface area contributed by atoms with E-state index in [4.69, 9.17) is 0 Å². The van der Waals surface area contributed by atoms with E-state index in [1.165, 1.54) is 37.7 Å². The lowest BCUT2D eigenvalue weighted by atomic mass is 9.86. The van der Waals surface area contributed by atoms with Gasteiger partial charge in [-0.25, -0.2) is 4.98 Å². The Morgan fingerprint density at radius 2 is 2.14 bits per heavy atom. The molecule has 1 saturated carbocycles. The average Bonchev–Trinajstić information content (AvgIpc) is 2.87. The highest BCUT2D eigenvalue weighted by Gasteiger charge is 2.15. The second-order valence-corrected chi connectivity index (χ2v) is 7.11. The number of benzene rings is 1. The molecule has 0 aliphatic heterocycles. The number of aryl methyl sites for hydroxylation is 1. The molecule has 1 N–H and O–H groups in total. The summed E-state index contributed by atoms with van der Waals surface area (Å²) in [6.07, 6.45) is 8.29. The lowest BCUT2D eigenvalue weighted by molar-refractivity contribution is -0.116. The summed E-state index contributed by atoms with van der Waals surface area (Å²) in [4.78, 5) is 16.5. The maximum Gasteiger partial charge on any atom is 0.226 e. The SMILES string of the molecule is Cc1ccc2nc(NC(=O)CCC3CCCCC3)sc2c1. The molecular formula is C17H22N2OS. The second kappa shape index (κ2) is 6.56. The molecule has 2 aromatic rings. The molecule has 0 bridgehead atoms. The Morgan fingerprint density at radius 3 is 2.95 bits per heavy atom. The highest BCUT2D eigenvalue weighted by atomic mass is 32.1. The van der Waals surface area contributed by atoms with E-state index >= 15 is 0 Å². The zero-order valence-corrected chi connectivity index (χ0v) is 13.3. The molecule has 1 aliphatic rings. The van der Waals surface area contributed by atoms with E-state index in [-0.39, 0.29) is 5.91 Å². The van der Waals surface area contributed by atoms with E-state index in [2.05, 4.69) is 29.4 Å². The third-order valence-electron chi connectivity index (χ3n) is 4.29. The normalized spacial score (nSPS) is 16.2. The van der Waals surface area contributed by atoms with Crippen LogP contribution in [0.2, 0.25) is 0 Å². The van der Waals surface area contributed by atoms with Gasteiger partial charge in [0.25, 0.3) is 0 Å². The molecule has 0 spiro atoms. The molecule has 4 heteroatoms. The number of hydrogen-bond donors (Lipinski definition) is 1. The molecule has 1 aliphatic carbocycles. The molecule has 1 aromatic carbocycles. The molecule has 0 saturated heterocycles. The number of thiazole rings is 1. The first-order valence-corrected chi connectivity index (χ1v) is 8.69. The fourth-order valence-electron chi connectivity index (χ4n) is 3.08. The average molecular weight is 302 g/mol. The Balaban J connectivity index is 1.55. The van der Waals surface area contributed by atoms with Crippen molar-refractivity contribution in [2.24, 2.45) is 5.92 Å². The van der Waals surface area contributed by atoms with Gasteiger partial charge in [0.05, 0.1) is 10.2 Å². The number of rotatable bonds is 4. The van der Waals surface area contributed by atoms with Crippen molar-refractivity contribution in [3.63, 3.8) is 0 Å². The lowest BCUT2D eigenvalue weighted by Crippen LogP contribution is -2.14. The van der Waals surface area contributed by atoms with Gasteiger partial charge < -0.3 is 5.32 Å². The van der Waals surface area contributed by atoms with Crippen LogP contribution in [0.3, 0.4) is 0 Å². The Morgan fingerprint density at radius 1 is 1.33 bits per heavy atom. The van der Waals surface area contributed by atoms with E-state index in [9.17, 15) is 4.79 Å². The zero-order chi connectivity index (χ0) is 14.7.